The van der Waals surface area contributed by atoms with Gasteiger partial charge >= 0.3 is 12.5 Å². The van der Waals surface area contributed by atoms with E-state index in [0.29, 0.717) is 15.2 Å². The normalized spacial score (nSPS) is 13.7. The largest absolute Gasteiger partial charge is 0.465 e. The zero-order valence-corrected chi connectivity index (χ0v) is 13.7. The molecule has 128 valence electrons. The van der Waals surface area contributed by atoms with Gasteiger partial charge in [-0.3, -0.25) is 4.79 Å². The van der Waals surface area contributed by atoms with Crippen LogP contribution in [-0.4, -0.2) is 28.8 Å². The molecule has 0 aromatic carbocycles. The number of hydrogen-bond donors (Lipinski definition) is 1. The summed E-state index contributed by atoms with van der Waals surface area (Å²) in [5, 5.41) is 6.51. The highest BCUT2D eigenvalue weighted by Crippen LogP contribution is 2.38. The van der Waals surface area contributed by atoms with E-state index in [4.69, 9.17) is 4.74 Å². The first kappa shape index (κ1) is 16.6. The van der Waals surface area contributed by atoms with Gasteiger partial charge in [0, 0.05) is 11.1 Å². The second-order valence-corrected chi connectivity index (χ2v) is 6.42. The molecule has 0 atom stereocenters. The summed E-state index contributed by atoms with van der Waals surface area (Å²) in [6.07, 6.45) is 4.63. The first-order chi connectivity index (χ1) is 11.5. The van der Waals surface area contributed by atoms with E-state index in [1.165, 1.54) is 24.5 Å². The van der Waals surface area contributed by atoms with Crippen molar-refractivity contribution in [3.8, 4) is 0 Å². The summed E-state index contributed by atoms with van der Waals surface area (Å²) < 4.78 is 30.3. The van der Waals surface area contributed by atoms with Crippen molar-refractivity contribution in [3.05, 3.63) is 34.0 Å². The average Bonchev–Trinajstić information content (AvgIpc) is 3.18. The molecule has 0 unspecified atom stereocenters. The third-order valence-corrected chi connectivity index (χ3v) is 5.04. The molecule has 3 rings (SSSR count). The molecule has 0 saturated heterocycles. The maximum Gasteiger partial charge on any atom is 0.341 e. The van der Waals surface area contributed by atoms with Crippen LogP contribution in [0.5, 0.6) is 0 Å². The second kappa shape index (κ2) is 6.68. The number of hydrogen-bond acceptors (Lipinski definition) is 5. The average molecular weight is 355 g/mol. The monoisotopic (exact) mass is 355 g/mol. The van der Waals surface area contributed by atoms with Gasteiger partial charge in [0.1, 0.15) is 5.00 Å². The minimum absolute atomic E-state index is 0.141. The minimum atomic E-state index is -2.81. The molecule has 1 aliphatic rings. The number of methoxy groups -OCH3 is 1. The number of fused-ring (bicyclic) bond motifs is 1. The predicted octanol–water partition coefficient (Wildman–Crippen LogP) is 3.26. The van der Waals surface area contributed by atoms with Gasteiger partial charge in [-0.25, -0.2) is 9.48 Å². The van der Waals surface area contributed by atoms with E-state index in [1.54, 1.807) is 0 Å². The third kappa shape index (κ3) is 3.03. The standard InChI is InChI=1S/C15H15F2N3O3S/c1-23-14(22)11-8-4-2-3-5-10(8)24-13(11)18-12(21)9-6-7-20(19-9)15(16)17/h6-7,15H,2-5H2,1H3,(H,18,21). The number of nitrogens with one attached hydrogen (secondary N) is 1. The number of carbonyl (C=O) groups is 2. The maximum atomic E-state index is 12.6. The summed E-state index contributed by atoms with van der Waals surface area (Å²) in [5.74, 6) is -1.15. The lowest BCUT2D eigenvalue weighted by Gasteiger charge is -2.11. The number of esters is 1. The molecule has 0 aliphatic heterocycles. The van der Waals surface area contributed by atoms with E-state index in [1.807, 2.05) is 0 Å². The number of carbonyl (C=O) groups excluding carboxylic acids is 2. The predicted molar refractivity (Wildman–Crippen MR) is 83.7 cm³/mol. The Hall–Kier alpha value is -2.29. The molecule has 2 aromatic rings. The molecule has 0 fully saturated rings. The van der Waals surface area contributed by atoms with Crippen LogP contribution in [0.2, 0.25) is 0 Å². The number of anilines is 1. The van der Waals surface area contributed by atoms with Crippen molar-refractivity contribution in [1.82, 2.24) is 9.78 Å². The summed E-state index contributed by atoms with van der Waals surface area (Å²) in [6.45, 7) is -2.81. The first-order valence-corrected chi connectivity index (χ1v) is 8.20. The van der Waals surface area contributed by atoms with Crippen LogP contribution >= 0.6 is 11.3 Å². The Labute approximate surface area is 140 Å². The highest BCUT2D eigenvalue weighted by atomic mass is 32.1. The minimum Gasteiger partial charge on any atom is -0.465 e. The van der Waals surface area contributed by atoms with Gasteiger partial charge in [0.25, 0.3) is 5.91 Å². The highest BCUT2D eigenvalue weighted by Gasteiger charge is 2.27. The molecule has 1 N–H and O–H groups in total. The van der Waals surface area contributed by atoms with E-state index in [9.17, 15) is 18.4 Å². The summed E-state index contributed by atoms with van der Waals surface area (Å²) in [7, 11) is 1.28. The molecule has 9 heteroatoms. The Morgan fingerprint density at radius 2 is 2.12 bits per heavy atom. The number of thiophene rings is 1. The number of amides is 1. The summed E-state index contributed by atoms with van der Waals surface area (Å²) >= 11 is 1.33. The molecule has 0 bridgehead atoms. The molecule has 1 aliphatic carbocycles. The van der Waals surface area contributed by atoms with Crippen molar-refractivity contribution in [2.75, 3.05) is 12.4 Å². The van der Waals surface area contributed by atoms with Crippen molar-refractivity contribution >= 4 is 28.2 Å². The molecule has 0 saturated carbocycles. The fourth-order valence-electron chi connectivity index (χ4n) is 2.71. The zero-order chi connectivity index (χ0) is 17.3. The number of aromatic nitrogens is 2. The molecule has 2 aromatic heterocycles. The van der Waals surface area contributed by atoms with Crippen LogP contribution in [-0.2, 0) is 17.6 Å². The molecule has 24 heavy (non-hydrogen) atoms. The van der Waals surface area contributed by atoms with Gasteiger partial charge in [-0.15, -0.1) is 11.3 Å². The van der Waals surface area contributed by atoms with Gasteiger partial charge in [0.2, 0.25) is 0 Å². The quantitative estimate of drug-likeness (QED) is 0.855. The van der Waals surface area contributed by atoms with Crippen LogP contribution in [0.15, 0.2) is 12.3 Å². The van der Waals surface area contributed by atoms with Gasteiger partial charge in [-0.1, -0.05) is 0 Å². The fraction of sp³-hybridized carbons (Fsp3) is 0.400. The van der Waals surface area contributed by atoms with E-state index in [2.05, 4.69) is 10.4 Å². The van der Waals surface area contributed by atoms with Crippen molar-refractivity contribution in [2.45, 2.75) is 32.2 Å². The number of halogens is 2. The van der Waals surface area contributed by atoms with Gasteiger partial charge < -0.3 is 10.1 Å². The number of nitrogens with zero attached hydrogens (tertiary/aromatic N) is 2. The zero-order valence-electron chi connectivity index (χ0n) is 12.8. The Balaban J connectivity index is 1.89. The Kier molecular flexibility index (Phi) is 4.61. The topological polar surface area (TPSA) is 73.2 Å². The van der Waals surface area contributed by atoms with Crippen molar-refractivity contribution in [2.24, 2.45) is 0 Å². The first-order valence-electron chi connectivity index (χ1n) is 7.38. The Bertz CT molecular complexity index is 785. The van der Waals surface area contributed by atoms with Crippen LogP contribution < -0.4 is 5.32 Å². The lowest BCUT2D eigenvalue weighted by Crippen LogP contribution is -2.16. The van der Waals surface area contributed by atoms with Crippen LogP contribution in [0.1, 0.15) is 50.7 Å². The van der Waals surface area contributed by atoms with E-state index < -0.39 is 18.4 Å². The lowest BCUT2D eigenvalue weighted by atomic mass is 9.95. The van der Waals surface area contributed by atoms with Crippen LogP contribution in [0.4, 0.5) is 13.8 Å². The summed E-state index contributed by atoms with van der Waals surface area (Å²) in [5.41, 5.74) is 1.13. The maximum absolute atomic E-state index is 12.6. The molecule has 2 heterocycles. The van der Waals surface area contributed by atoms with E-state index in [0.717, 1.165) is 42.3 Å². The highest BCUT2D eigenvalue weighted by molar-refractivity contribution is 7.17. The van der Waals surface area contributed by atoms with E-state index >= 15 is 0 Å². The van der Waals surface area contributed by atoms with E-state index in [-0.39, 0.29) is 5.69 Å². The SMILES string of the molecule is COC(=O)c1c(NC(=O)c2ccn(C(F)F)n2)sc2c1CCCC2. The molecular formula is C15H15F2N3O3S. The Morgan fingerprint density at radius 1 is 1.38 bits per heavy atom. The summed E-state index contributed by atoms with van der Waals surface area (Å²) in [4.78, 5) is 25.4. The second-order valence-electron chi connectivity index (χ2n) is 5.32. The van der Waals surface area contributed by atoms with Crippen molar-refractivity contribution in [3.63, 3.8) is 0 Å². The lowest BCUT2D eigenvalue weighted by molar-refractivity contribution is 0.0560. The van der Waals surface area contributed by atoms with Gasteiger partial charge in [0.15, 0.2) is 5.69 Å². The molecule has 6 nitrogen and oxygen atoms in total. The molecule has 0 spiro atoms. The third-order valence-electron chi connectivity index (χ3n) is 3.83. The molecule has 0 radical (unpaired) electrons. The summed E-state index contributed by atoms with van der Waals surface area (Å²) in [6, 6.07) is 1.20. The van der Waals surface area contributed by atoms with Crippen molar-refractivity contribution in [1.29, 1.82) is 0 Å². The van der Waals surface area contributed by atoms with Gasteiger partial charge in [-0.05, 0) is 37.3 Å². The van der Waals surface area contributed by atoms with Crippen LogP contribution in [0.3, 0.4) is 0 Å². The number of aryl methyl sites for hydroxylation is 1. The van der Waals surface area contributed by atoms with Crippen LogP contribution in [0, 0.1) is 0 Å². The van der Waals surface area contributed by atoms with Gasteiger partial charge in [0.05, 0.1) is 12.7 Å². The van der Waals surface area contributed by atoms with Crippen molar-refractivity contribution < 1.29 is 23.1 Å². The molecular weight excluding hydrogens is 340 g/mol. The number of rotatable bonds is 4. The fourth-order valence-corrected chi connectivity index (χ4v) is 3.98. The number of alkyl halides is 2. The number of ether oxygens (including phenoxy) is 1. The van der Waals surface area contributed by atoms with Gasteiger partial charge in [-0.2, -0.15) is 13.9 Å². The smallest absolute Gasteiger partial charge is 0.341 e. The Morgan fingerprint density at radius 3 is 2.79 bits per heavy atom. The molecule has 1 amide bonds. The van der Waals surface area contributed by atoms with Crippen LogP contribution in [0.25, 0.3) is 0 Å².